The van der Waals surface area contributed by atoms with Gasteiger partial charge >= 0.3 is 0 Å². The molecule has 0 aliphatic heterocycles. The molecule has 2 aromatic heterocycles. The molecular formula is C13H12N4O. The number of rotatable bonds is 2. The lowest BCUT2D eigenvalue weighted by Crippen LogP contribution is -2.14. The third-order valence-corrected chi connectivity index (χ3v) is 2.90. The molecule has 0 aliphatic rings. The Balaban J connectivity index is 1.97. The Morgan fingerprint density at radius 2 is 2.22 bits per heavy atom. The van der Waals surface area contributed by atoms with E-state index in [1.165, 1.54) is 0 Å². The summed E-state index contributed by atoms with van der Waals surface area (Å²) in [6, 6.07) is 9.26. The molecule has 0 radical (unpaired) electrons. The van der Waals surface area contributed by atoms with Crippen molar-refractivity contribution in [1.29, 1.82) is 0 Å². The van der Waals surface area contributed by atoms with Crippen molar-refractivity contribution in [3.63, 3.8) is 0 Å². The summed E-state index contributed by atoms with van der Waals surface area (Å²) in [7, 11) is 1.78. The number of hydrogen-bond acceptors (Lipinski definition) is 2. The first-order valence-electron chi connectivity index (χ1n) is 5.61. The highest BCUT2D eigenvalue weighted by Gasteiger charge is 2.11. The molecule has 3 aromatic rings. The summed E-state index contributed by atoms with van der Waals surface area (Å²) in [5, 5.41) is 7.76. The van der Waals surface area contributed by atoms with Crippen molar-refractivity contribution >= 4 is 22.6 Å². The van der Waals surface area contributed by atoms with Gasteiger partial charge in [-0.3, -0.25) is 9.48 Å². The smallest absolute Gasteiger partial charge is 0.257 e. The predicted molar refractivity (Wildman–Crippen MR) is 69.5 cm³/mol. The summed E-state index contributed by atoms with van der Waals surface area (Å²) in [5.74, 6) is 0.538. The Hall–Kier alpha value is -2.56. The van der Waals surface area contributed by atoms with E-state index in [1.54, 1.807) is 24.0 Å². The molecule has 0 bridgehead atoms. The van der Waals surface area contributed by atoms with E-state index in [0.717, 1.165) is 10.9 Å². The number of benzene rings is 1. The molecule has 0 unspecified atom stereocenters. The van der Waals surface area contributed by atoms with Gasteiger partial charge in [0.15, 0.2) is 0 Å². The van der Waals surface area contributed by atoms with Crippen molar-refractivity contribution in [3.05, 3.63) is 48.3 Å². The van der Waals surface area contributed by atoms with Crippen LogP contribution in [0.4, 0.5) is 5.82 Å². The Kier molecular flexibility index (Phi) is 2.37. The van der Waals surface area contributed by atoms with Crippen LogP contribution in [0.3, 0.4) is 0 Å². The van der Waals surface area contributed by atoms with Gasteiger partial charge in [-0.25, -0.2) is 0 Å². The van der Waals surface area contributed by atoms with E-state index in [-0.39, 0.29) is 5.91 Å². The fourth-order valence-electron chi connectivity index (χ4n) is 1.96. The van der Waals surface area contributed by atoms with Crippen LogP contribution < -0.4 is 5.32 Å². The highest BCUT2D eigenvalue weighted by atomic mass is 16.1. The predicted octanol–water partition coefficient (Wildman–Crippen LogP) is 2.15. The highest BCUT2D eigenvalue weighted by Crippen LogP contribution is 2.18. The van der Waals surface area contributed by atoms with Gasteiger partial charge in [-0.05, 0) is 18.2 Å². The zero-order valence-corrected chi connectivity index (χ0v) is 9.84. The first-order valence-corrected chi connectivity index (χ1v) is 5.61. The largest absolute Gasteiger partial charge is 0.361 e. The van der Waals surface area contributed by atoms with E-state index in [9.17, 15) is 4.79 Å². The van der Waals surface area contributed by atoms with Crippen LogP contribution in [0.2, 0.25) is 0 Å². The van der Waals surface area contributed by atoms with Crippen LogP contribution in [0.1, 0.15) is 10.4 Å². The van der Waals surface area contributed by atoms with Gasteiger partial charge in [0, 0.05) is 35.8 Å². The van der Waals surface area contributed by atoms with E-state index in [1.807, 2.05) is 30.5 Å². The van der Waals surface area contributed by atoms with Crippen molar-refractivity contribution < 1.29 is 4.79 Å². The molecule has 5 heteroatoms. The number of aromatic amines is 1. The maximum atomic E-state index is 12.2. The lowest BCUT2D eigenvalue weighted by molar-refractivity contribution is 0.102. The third-order valence-electron chi connectivity index (χ3n) is 2.90. The minimum absolute atomic E-state index is 0.135. The first-order chi connectivity index (χ1) is 8.75. The monoisotopic (exact) mass is 240 g/mol. The zero-order valence-electron chi connectivity index (χ0n) is 9.84. The molecule has 2 N–H and O–H groups in total. The van der Waals surface area contributed by atoms with Gasteiger partial charge in [-0.15, -0.1) is 0 Å². The zero-order chi connectivity index (χ0) is 12.5. The third kappa shape index (κ3) is 1.66. The van der Waals surface area contributed by atoms with Crippen molar-refractivity contribution in [2.75, 3.05) is 5.32 Å². The van der Waals surface area contributed by atoms with Crippen molar-refractivity contribution in [2.45, 2.75) is 0 Å². The second kappa shape index (κ2) is 4.03. The average molecular weight is 240 g/mol. The summed E-state index contributed by atoms with van der Waals surface area (Å²) in [6.07, 6.45) is 3.47. The minimum atomic E-state index is -0.135. The summed E-state index contributed by atoms with van der Waals surface area (Å²) in [5.41, 5.74) is 1.60. The number of aryl methyl sites for hydroxylation is 1. The van der Waals surface area contributed by atoms with Gasteiger partial charge in [0.05, 0.1) is 6.20 Å². The molecule has 0 saturated heterocycles. The van der Waals surface area contributed by atoms with Crippen molar-refractivity contribution in [3.8, 4) is 0 Å². The van der Waals surface area contributed by atoms with Gasteiger partial charge in [0.1, 0.15) is 5.82 Å². The maximum absolute atomic E-state index is 12.2. The van der Waals surface area contributed by atoms with Gasteiger partial charge in [0.2, 0.25) is 0 Å². The number of carbonyl (C=O) groups is 1. The first kappa shape index (κ1) is 10.6. The molecule has 1 aromatic carbocycles. The Labute approximate surface area is 103 Å². The van der Waals surface area contributed by atoms with E-state index >= 15 is 0 Å². The second-order valence-electron chi connectivity index (χ2n) is 4.04. The fraction of sp³-hybridized carbons (Fsp3) is 0.0769. The van der Waals surface area contributed by atoms with Crippen molar-refractivity contribution in [1.82, 2.24) is 14.8 Å². The maximum Gasteiger partial charge on any atom is 0.257 e. The molecule has 0 saturated carbocycles. The van der Waals surface area contributed by atoms with Gasteiger partial charge in [-0.1, -0.05) is 6.07 Å². The molecule has 0 spiro atoms. The lowest BCUT2D eigenvalue weighted by atomic mass is 10.1. The topological polar surface area (TPSA) is 62.7 Å². The molecule has 5 nitrogen and oxygen atoms in total. The van der Waals surface area contributed by atoms with Crippen LogP contribution in [0, 0.1) is 0 Å². The van der Waals surface area contributed by atoms with E-state index in [4.69, 9.17) is 0 Å². The van der Waals surface area contributed by atoms with E-state index in [0.29, 0.717) is 11.4 Å². The number of carbonyl (C=O) groups excluding carboxylic acids is 1. The summed E-state index contributed by atoms with van der Waals surface area (Å²) < 4.78 is 1.62. The van der Waals surface area contributed by atoms with Crippen LogP contribution in [-0.2, 0) is 7.05 Å². The number of hydrogen-bond donors (Lipinski definition) is 2. The van der Waals surface area contributed by atoms with Crippen molar-refractivity contribution in [2.24, 2.45) is 7.05 Å². The number of nitrogens with zero attached hydrogens (tertiary/aromatic N) is 2. The van der Waals surface area contributed by atoms with Crippen LogP contribution in [0.15, 0.2) is 42.7 Å². The number of fused-ring (bicyclic) bond motifs is 1. The van der Waals surface area contributed by atoms with Crippen LogP contribution in [0.25, 0.3) is 10.9 Å². The molecule has 2 heterocycles. The molecule has 18 heavy (non-hydrogen) atoms. The summed E-state index contributed by atoms with van der Waals surface area (Å²) in [6.45, 7) is 0. The summed E-state index contributed by atoms with van der Waals surface area (Å²) >= 11 is 0. The number of nitrogens with one attached hydrogen (secondary N) is 2. The van der Waals surface area contributed by atoms with Crippen LogP contribution in [0.5, 0.6) is 0 Å². The summed E-state index contributed by atoms with van der Waals surface area (Å²) in [4.78, 5) is 15.3. The molecule has 0 atom stereocenters. The number of H-pyrrole nitrogens is 1. The molecule has 0 fully saturated rings. The second-order valence-corrected chi connectivity index (χ2v) is 4.04. The molecule has 3 rings (SSSR count). The molecule has 0 aliphatic carbocycles. The average Bonchev–Trinajstić information content (AvgIpc) is 2.98. The van der Waals surface area contributed by atoms with E-state index in [2.05, 4.69) is 15.4 Å². The van der Waals surface area contributed by atoms with Gasteiger partial charge in [0.25, 0.3) is 5.91 Å². The van der Waals surface area contributed by atoms with Crippen LogP contribution >= 0.6 is 0 Å². The van der Waals surface area contributed by atoms with Crippen LogP contribution in [-0.4, -0.2) is 20.7 Å². The molecular weight excluding hydrogens is 228 g/mol. The standard InChI is InChI=1S/C13H12N4O/c1-17-12(6-8-15-17)16-13(18)10-3-2-4-11-9(10)5-7-14-11/h2-8,14H,1H3,(H,16,18). The number of aromatic nitrogens is 3. The number of amides is 1. The SMILES string of the molecule is Cn1nccc1NC(=O)c1cccc2[nH]ccc12. The Morgan fingerprint density at radius 3 is 3.00 bits per heavy atom. The quantitative estimate of drug-likeness (QED) is 0.721. The Morgan fingerprint density at radius 1 is 1.33 bits per heavy atom. The van der Waals surface area contributed by atoms with E-state index < -0.39 is 0 Å². The normalized spacial score (nSPS) is 10.7. The lowest BCUT2D eigenvalue weighted by Gasteiger charge is -2.06. The minimum Gasteiger partial charge on any atom is -0.361 e. The van der Waals surface area contributed by atoms with Gasteiger partial charge < -0.3 is 10.3 Å². The Bertz CT molecular complexity index is 710. The fourth-order valence-corrected chi connectivity index (χ4v) is 1.96. The molecule has 90 valence electrons. The van der Waals surface area contributed by atoms with Gasteiger partial charge in [-0.2, -0.15) is 5.10 Å². The highest BCUT2D eigenvalue weighted by molar-refractivity contribution is 6.12. The molecule has 1 amide bonds. The number of anilines is 1.